The monoisotopic (exact) mass is 381 g/mol. The molecule has 0 radical (unpaired) electrons. The number of halogens is 1. The standard InChI is InChI=1S/C16H16INO2/c17-14-9-7-13(8-10-14)16(19)18-11-4-12-20-15-5-2-1-3-6-15/h1-3,5-10H,4,11-12H2,(H,18,19). The summed E-state index contributed by atoms with van der Waals surface area (Å²) in [6.45, 7) is 1.20. The molecular weight excluding hydrogens is 365 g/mol. The van der Waals surface area contributed by atoms with Crippen LogP contribution in [0.5, 0.6) is 5.75 Å². The van der Waals surface area contributed by atoms with Crippen molar-refractivity contribution >= 4 is 28.5 Å². The topological polar surface area (TPSA) is 38.3 Å². The molecule has 0 spiro atoms. The number of hydrogen-bond donors (Lipinski definition) is 1. The number of rotatable bonds is 6. The van der Waals surface area contributed by atoms with Gasteiger partial charge in [0, 0.05) is 15.7 Å². The van der Waals surface area contributed by atoms with Gasteiger partial charge < -0.3 is 10.1 Å². The lowest BCUT2D eigenvalue weighted by molar-refractivity contribution is 0.0951. The number of carbonyl (C=O) groups excluding carboxylic acids is 1. The van der Waals surface area contributed by atoms with Crippen molar-refractivity contribution in [1.82, 2.24) is 5.32 Å². The fourth-order valence-corrected chi connectivity index (χ4v) is 2.04. The van der Waals surface area contributed by atoms with Gasteiger partial charge >= 0.3 is 0 Å². The zero-order chi connectivity index (χ0) is 14.2. The van der Waals surface area contributed by atoms with E-state index in [1.54, 1.807) is 0 Å². The van der Waals surface area contributed by atoms with E-state index >= 15 is 0 Å². The van der Waals surface area contributed by atoms with E-state index in [0.717, 1.165) is 15.7 Å². The maximum Gasteiger partial charge on any atom is 0.251 e. The van der Waals surface area contributed by atoms with Gasteiger partial charge in [-0.2, -0.15) is 0 Å². The maximum absolute atomic E-state index is 11.8. The molecule has 2 rings (SSSR count). The molecule has 0 saturated heterocycles. The van der Waals surface area contributed by atoms with Gasteiger partial charge in [0.05, 0.1) is 6.61 Å². The highest BCUT2D eigenvalue weighted by atomic mass is 127. The quantitative estimate of drug-likeness (QED) is 0.615. The molecule has 20 heavy (non-hydrogen) atoms. The molecule has 4 heteroatoms. The minimum Gasteiger partial charge on any atom is -0.494 e. The summed E-state index contributed by atoms with van der Waals surface area (Å²) in [7, 11) is 0. The van der Waals surface area contributed by atoms with Gasteiger partial charge in [0.25, 0.3) is 5.91 Å². The van der Waals surface area contributed by atoms with Gasteiger partial charge in [-0.05, 0) is 65.4 Å². The molecule has 1 amide bonds. The van der Waals surface area contributed by atoms with Crippen molar-refractivity contribution in [2.24, 2.45) is 0 Å². The summed E-state index contributed by atoms with van der Waals surface area (Å²) < 4.78 is 6.68. The molecule has 0 aliphatic heterocycles. The van der Waals surface area contributed by atoms with Gasteiger partial charge in [-0.1, -0.05) is 18.2 Å². The third kappa shape index (κ3) is 4.85. The molecule has 0 aliphatic rings. The Balaban J connectivity index is 1.66. The second kappa shape index (κ2) is 7.89. The van der Waals surface area contributed by atoms with Crippen LogP contribution in [0.1, 0.15) is 16.8 Å². The highest BCUT2D eigenvalue weighted by Gasteiger charge is 2.03. The molecule has 0 fully saturated rings. The Hall–Kier alpha value is -1.56. The first-order chi connectivity index (χ1) is 9.75. The van der Waals surface area contributed by atoms with Crippen molar-refractivity contribution < 1.29 is 9.53 Å². The fourth-order valence-electron chi connectivity index (χ4n) is 1.68. The molecule has 3 nitrogen and oxygen atoms in total. The number of hydrogen-bond acceptors (Lipinski definition) is 2. The molecule has 0 aromatic heterocycles. The maximum atomic E-state index is 11.8. The predicted octanol–water partition coefficient (Wildman–Crippen LogP) is 3.49. The number of nitrogens with one attached hydrogen (secondary N) is 1. The van der Waals surface area contributed by atoms with Crippen molar-refractivity contribution in [2.75, 3.05) is 13.2 Å². The molecule has 1 N–H and O–H groups in total. The van der Waals surface area contributed by atoms with Crippen LogP contribution in [0, 0.1) is 3.57 Å². The number of carbonyl (C=O) groups is 1. The lowest BCUT2D eigenvalue weighted by Gasteiger charge is -2.07. The van der Waals surface area contributed by atoms with Crippen molar-refractivity contribution in [1.29, 1.82) is 0 Å². The van der Waals surface area contributed by atoms with Gasteiger partial charge in [0.1, 0.15) is 5.75 Å². The van der Waals surface area contributed by atoms with Crippen LogP contribution in [0.15, 0.2) is 54.6 Å². The summed E-state index contributed by atoms with van der Waals surface area (Å²) in [6.07, 6.45) is 0.783. The average molecular weight is 381 g/mol. The van der Waals surface area contributed by atoms with Crippen LogP contribution in [0.25, 0.3) is 0 Å². The molecule has 0 unspecified atom stereocenters. The van der Waals surface area contributed by atoms with Crippen LogP contribution in [0.3, 0.4) is 0 Å². The first-order valence-corrected chi connectivity index (χ1v) is 7.55. The van der Waals surface area contributed by atoms with Gasteiger partial charge in [0.15, 0.2) is 0 Å². The smallest absolute Gasteiger partial charge is 0.251 e. The molecule has 0 saturated carbocycles. The van der Waals surface area contributed by atoms with Gasteiger partial charge in [-0.25, -0.2) is 0 Å². The summed E-state index contributed by atoms with van der Waals surface area (Å²) in [5, 5.41) is 2.88. The number of benzene rings is 2. The van der Waals surface area contributed by atoms with Crippen LogP contribution in [-0.2, 0) is 0 Å². The highest BCUT2D eigenvalue weighted by molar-refractivity contribution is 14.1. The molecular formula is C16H16INO2. The Morgan fingerprint density at radius 2 is 1.75 bits per heavy atom. The van der Waals surface area contributed by atoms with Gasteiger partial charge in [-0.15, -0.1) is 0 Å². The average Bonchev–Trinajstić information content (AvgIpc) is 2.48. The van der Waals surface area contributed by atoms with Crippen LogP contribution in [0.2, 0.25) is 0 Å². The van der Waals surface area contributed by atoms with Crippen molar-refractivity contribution in [2.45, 2.75) is 6.42 Å². The number of para-hydroxylation sites is 1. The second-order valence-electron chi connectivity index (χ2n) is 4.28. The Morgan fingerprint density at radius 1 is 1.05 bits per heavy atom. The third-order valence-electron chi connectivity index (χ3n) is 2.73. The SMILES string of the molecule is O=C(NCCCOc1ccccc1)c1ccc(I)cc1. The van der Waals surface area contributed by atoms with Crippen LogP contribution < -0.4 is 10.1 Å². The summed E-state index contributed by atoms with van der Waals surface area (Å²) in [5.41, 5.74) is 0.689. The van der Waals surface area contributed by atoms with Gasteiger partial charge in [-0.3, -0.25) is 4.79 Å². The lowest BCUT2D eigenvalue weighted by Crippen LogP contribution is -2.25. The van der Waals surface area contributed by atoms with E-state index in [9.17, 15) is 4.79 Å². The van der Waals surface area contributed by atoms with E-state index in [0.29, 0.717) is 18.7 Å². The van der Waals surface area contributed by atoms with Crippen molar-refractivity contribution in [3.8, 4) is 5.75 Å². The molecule has 104 valence electrons. The lowest BCUT2D eigenvalue weighted by atomic mass is 10.2. The Morgan fingerprint density at radius 3 is 2.45 bits per heavy atom. The molecule has 0 aliphatic carbocycles. The normalized spacial score (nSPS) is 10.1. The first kappa shape index (κ1) is 14.8. The zero-order valence-corrected chi connectivity index (χ0v) is 13.2. The molecule has 0 atom stereocenters. The molecule has 0 bridgehead atoms. The second-order valence-corrected chi connectivity index (χ2v) is 5.52. The van der Waals surface area contributed by atoms with E-state index in [2.05, 4.69) is 27.9 Å². The largest absolute Gasteiger partial charge is 0.494 e. The number of ether oxygens (including phenoxy) is 1. The zero-order valence-electron chi connectivity index (χ0n) is 11.0. The first-order valence-electron chi connectivity index (χ1n) is 6.47. The van der Waals surface area contributed by atoms with E-state index in [1.165, 1.54) is 0 Å². The summed E-state index contributed by atoms with van der Waals surface area (Å²) in [5.74, 6) is 0.817. The van der Waals surface area contributed by atoms with Crippen LogP contribution >= 0.6 is 22.6 Å². The molecule has 2 aromatic carbocycles. The number of amides is 1. The van der Waals surface area contributed by atoms with E-state index < -0.39 is 0 Å². The minimum atomic E-state index is -0.0406. The predicted molar refractivity (Wildman–Crippen MR) is 88.0 cm³/mol. The van der Waals surface area contributed by atoms with Crippen molar-refractivity contribution in [3.63, 3.8) is 0 Å². The van der Waals surface area contributed by atoms with E-state index in [4.69, 9.17) is 4.74 Å². The summed E-state index contributed by atoms with van der Waals surface area (Å²) in [6, 6.07) is 17.2. The van der Waals surface area contributed by atoms with Crippen LogP contribution in [-0.4, -0.2) is 19.1 Å². The summed E-state index contributed by atoms with van der Waals surface area (Å²) >= 11 is 2.22. The molecule has 2 aromatic rings. The van der Waals surface area contributed by atoms with Gasteiger partial charge in [0.2, 0.25) is 0 Å². The third-order valence-corrected chi connectivity index (χ3v) is 3.44. The minimum absolute atomic E-state index is 0.0406. The van der Waals surface area contributed by atoms with Crippen molar-refractivity contribution in [3.05, 3.63) is 63.7 Å². The summed E-state index contributed by atoms with van der Waals surface area (Å²) in [4.78, 5) is 11.8. The molecule has 0 heterocycles. The van der Waals surface area contributed by atoms with E-state index in [-0.39, 0.29) is 5.91 Å². The Kier molecular flexibility index (Phi) is 5.86. The van der Waals surface area contributed by atoms with E-state index in [1.807, 2.05) is 54.6 Å². The highest BCUT2D eigenvalue weighted by Crippen LogP contribution is 2.08. The van der Waals surface area contributed by atoms with Crippen LogP contribution in [0.4, 0.5) is 0 Å². The fraction of sp³-hybridized carbons (Fsp3) is 0.188. The Labute approximate surface area is 132 Å². The Bertz CT molecular complexity index is 540.